The molecule has 1 N–H and O–H groups in total. The van der Waals surface area contributed by atoms with Crippen LogP contribution >= 0.6 is 34.8 Å². The molecule has 20 heavy (non-hydrogen) atoms. The van der Waals surface area contributed by atoms with Crippen molar-refractivity contribution in [1.29, 1.82) is 0 Å². The molecule has 0 aliphatic rings. The molecule has 0 aliphatic carbocycles. The van der Waals surface area contributed by atoms with Crippen molar-refractivity contribution in [2.45, 2.75) is 20.0 Å². The van der Waals surface area contributed by atoms with E-state index >= 15 is 0 Å². The minimum Gasteiger partial charge on any atom is -0.491 e. The smallest absolute Gasteiger partial charge is 0.151 e. The largest absolute Gasteiger partial charge is 0.491 e. The van der Waals surface area contributed by atoms with Crippen LogP contribution < -0.4 is 10.1 Å². The van der Waals surface area contributed by atoms with Crippen LogP contribution in [0.15, 0.2) is 30.3 Å². The molecule has 0 bridgehead atoms. The molecule has 0 radical (unpaired) electrons. The molecule has 1 aromatic heterocycles. The van der Waals surface area contributed by atoms with Crippen LogP contribution in [0.1, 0.15) is 13.8 Å². The van der Waals surface area contributed by atoms with E-state index in [1.165, 1.54) is 0 Å². The molecular formula is C14H13Cl3N2O. The van der Waals surface area contributed by atoms with Gasteiger partial charge in [-0.25, -0.2) is 4.98 Å². The topological polar surface area (TPSA) is 34.1 Å². The first kappa shape index (κ1) is 15.2. The molecule has 3 nitrogen and oxygen atoms in total. The number of ether oxygens (including phenoxy) is 1. The molecule has 0 fully saturated rings. The maximum absolute atomic E-state index is 6.06. The van der Waals surface area contributed by atoms with E-state index in [0.29, 0.717) is 15.9 Å². The molecule has 0 amide bonds. The first-order valence-corrected chi connectivity index (χ1v) is 7.14. The number of hydrogen-bond donors (Lipinski definition) is 1. The molecule has 2 rings (SSSR count). The quantitative estimate of drug-likeness (QED) is 0.743. The van der Waals surface area contributed by atoms with Crippen molar-refractivity contribution in [2.75, 3.05) is 5.32 Å². The first-order valence-electron chi connectivity index (χ1n) is 6.01. The van der Waals surface area contributed by atoms with Gasteiger partial charge in [-0.15, -0.1) is 0 Å². The number of nitrogens with zero attached hydrogens (tertiary/aromatic N) is 1. The van der Waals surface area contributed by atoms with E-state index < -0.39 is 0 Å². The van der Waals surface area contributed by atoms with Gasteiger partial charge in [-0.1, -0.05) is 34.8 Å². The number of anilines is 2. The van der Waals surface area contributed by atoms with Crippen molar-refractivity contribution in [3.05, 3.63) is 45.5 Å². The molecule has 0 unspecified atom stereocenters. The van der Waals surface area contributed by atoms with Gasteiger partial charge in [0.05, 0.1) is 16.1 Å². The summed E-state index contributed by atoms with van der Waals surface area (Å²) < 4.78 is 5.57. The van der Waals surface area contributed by atoms with Crippen LogP contribution in [-0.2, 0) is 0 Å². The maximum Gasteiger partial charge on any atom is 0.151 e. The van der Waals surface area contributed by atoms with Crippen molar-refractivity contribution >= 4 is 46.3 Å². The van der Waals surface area contributed by atoms with Crippen molar-refractivity contribution in [2.24, 2.45) is 0 Å². The highest BCUT2D eigenvalue weighted by molar-refractivity contribution is 6.43. The van der Waals surface area contributed by atoms with E-state index in [0.717, 1.165) is 11.4 Å². The molecule has 0 atom stereocenters. The molecule has 1 aromatic carbocycles. The fraction of sp³-hybridized carbons (Fsp3) is 0.214. The lowest BCUT2D eigenvalue weighted by atomic mass is 10.3. The van der Waals surface area contributed by atoms with Crippen molar-refractivity contribution in [3.63, 3.8) is 0 Å². The van der Waals surface area contributed by atoms with E-state index in [1.807, 2.05) is 38.1 Å². The second kappa shape index (κ2) is 6.53. The van der Waals surface area contributed by atoms with Gasteiger partial charge in [0.25, 0.3) is 0 Å². The van der Waals surface area contributed by atoms with Gasteiger partial charge in [0.15, 0.2) is 5.82 Å². The highest BCUT2D eigenvalue weighted by atomic mass is 35.5. The molecule has 1 heterocycles. The average Bonchev–Trinajstić information content (AvgIpc) is 2.37. The minimum atomic E-state index is 0.139. The number of hydrogen-bond acceptors (Lipinski definition) is 3. The number of halogens is 3. The summed E-state index contributed by atoms with van der Waals surface area (Å²) in [6.45, 7) is 3.96. The third-order valence-electron chi connectivity index (χ3n) is 2.38. The highest BCUT2D eigenvalue weighted by Crippen LogP contribution is 2.31. The van der Waals surface area contributed by atoms with Gasteiger partial charge >= 0.3 is 0 Å². The summed E-state index contributed by atoms with van der Waals surface area (Å²) in [5.74, 6) is 1.26. The summed E-state index contributed by atoms with van der Waals surface area (Å²) in [5.41, 5.74) is 0.828. The lowest BCUT2D eigenvalue weighted by Gasteiger charge is -2.11. The number of pyridine rings is 1. The molecule has 0 saturated carbocycles. The van der Waals surface area contributed by atoms with Gasteiger partial charge in [-0.05, 0) is 44.2 Å². The van der Waals surface area contributed by atoms with Crippen LogP contribution in [0.25, 0.3) is 0 Å². The fourth-order valence-electron chi connectivity index (χ4n) is 1.56. The lowest BCUT2D eigenvalue weighted by molar-refractivity contribution is 0.242. The van der Waals surface area contributed by atoms with Crippen LogP contribution in [0.4, 0.5) is 11.5 Å². The van der Waals surface area contributed by atoms with Crippen molar-refractivity contribution in [1.82, 2.24) is 4.98 Å². The lowest BCUT2D eigenvalue weighted by Crippen LogP contribution is -2.05. The number of benzene rings is 1. The predicted molar refractivity (Wildman–Crippen MR) is 84.8 cm³/mol. The monoisotopic (exact) mass is 330 g/mol. The fourth-order valence-corrected chi connectivity index (χ4v) is 2.10. The predicted octanol–water partition coefficient (Wildman–Crippen LogP) is 5.57. The zero-order valence-corrected chi connectivity index (χ0v) is 13.2. The zero-order valence-electron chi connectivity index (χ0n) is 11.0. The molecule has 0 aliphatic heterocycles. The summed E-state index contributed by atoms with van der Waals surface area (Å²) in [6.07, 6.45) is 0.139. The van der Waals surface area contributed by atoms with E-state index in [1.54, 1.807) is 6.07 Å². The number of rotatable bonds is 4. The van der Waals surface area contributed by atoms with Gasteiger partial charge in [0.2, 0.25) is 0 Å². The molecule has 6 heteroatoms. The van der Waals surface area contributed by atoms with Gasteiger partial charge in [0, 0.05) is 5.69 Å². The Morgan fingerprint density at radius 1 is 1.05 bits per heavy atom. The second-order valence-electron chi connectivity index (χ2n) is 4.41. The summed E-state index contributed by atoms with van der Waals surface area (Å²) in [6, 6.07) is 9.04. The maximum atomic E-state index is 6.06. The molecular weight excluding hydrogens is 319 g/mol. The Labute approximate surface area is 132 Å². The van der Waals surface area contributed by atoms with E-state index in [9.17, 15) is 0 Å². The molecule has 0 saturated heterocycles. The van der Waals surface area contributed by atoms with Gasteiger partial charge in [-0.3, -0.25) is 0 Å². The summed E-state index contributed by atoms with van der Waals surface area (Å²) >= 11 is 17.8. The van der Waals surface area contributed by atoms with E-state index in [2.05, 4.69) is 10.3 Å². The normalized spacial score (nSPS) is 10.7. The Kier molecular flexibility index (Phi) is 4.97. The Morgan fingerprint density at radius 2 is 1.70 bits per heavy atom. The Balaban J connectivity index is 2.16. The number of aromatic nitrogens is 1. The van der Waals surface area contributed by atoms with Gasteiger partial charge < -0.3 is 10.1 Å². The Hall–Kier alpha value is -1.16. The highest BCUT2D eigenvalue weighted by Gasteiger charge is 2.08. The van der Waals surface area contributed by atoms with E-state index in [4.69, 9.17) is 39.5 Å². The standard InChI is InChI=1S/C14H13Cl3N2O/c1-8(2)20-10-5-3-9(4-6-10)18-14-12(16)7-11(15)13(17)19-14/h3-8H,1-2H3,(H,18,19). The third-order valence-corrected chi connectivity index (χ3v) is 3.34. The zero-order chi connectivity index (χ0) is 14.7. The van der Waals surface area contributed by atoms with Crippen molar-refractivity contribution < 1.29 is 4.74 Å². The number of nitrogens with one attached hydrogen (secondary N) is 1. The molecule has 106 valence electrons. The SMILES string of the molecule is CC(C)Oc1ccc(Nc2nc(Cl)c(Cl)cc2Cl)cc1. The summed E-state index contributed by atoms with van der Waals surface area (Å²) in [4.78, 5) is 4.10. The Morgan fingerprint density at radius 3 is 2.30 bits per heavy atom. The van der Waals surface area contributed by atoms with Gasteiger partial charge in [-0.2, -0.15) is 0 Å². The van der Waals surface area contributed by atoms with Crippen LogP contribution in [0.5, 0.6) is 5.75 Å². The van der Waals surface area contributed by atoms with Gasteiger partial charge in [0.1, 0.15) is 10.9 Å². The van der Waals surface area contributed by atoms with Crippen LogP contribution in [0.3, 0.4) is 0 Å². The summed E-state index contributed by atoms with van der Waals surface area (Å²) in [5, 5.41) is 4.01. The van der Waals surface area contributed by atoms with Crippen LogP contribution in [-0.4, -0.2) is 11.1 Å². The Bertz CT molecular complexity index is 600. The average molecular weight is 332 g/mol. The third kappa shape index (κ3) is 3.92. The molecule has 2 aromatic rings. The van der Waals surface area contributed by atoms with Crippen LogP contribution in [0.2, 0.25) is 15.2 Å². The molecule has 0 spiro atoms. The summed E-state index contributed by atoms with van der Waals surface area (Å²) in [7, 11) is 0. The van der Waals surface area contributed by atoms with Crippen molar-refractivity contribution in [3.8, 4) is 5.75 Å². The second-order valence-corrected chi connectivity index (χ2v) is 5.58. The minimum absolute atomic E-state index is 0.139. The first-order chi connectivity index (χ1) is 9.45. The van der Waals surface area contributed by atoms with Crippen LogP contribution in [0, 0.1) is 0 Å². The van der Waals surface area contributed by atoms with E-state index in [-0.39, 0.29) is 11.3 Å².